The lowest BCUT2D eigenvalue weighted by Crippen LogP contribution is -3.00. The van der Waals surface area contributed by atoms with Crippen molar-refractivity contribution < 1.29 is 18.2 Å². The zero-order chi connectivity index (χ0) is 17.7. The number of hydrogen-bond acceptors (Lipinski definition) is 3. The molecule has 27 heavy (non-hydrogen) atoms. The quantitative estimate of drug-likeness (QED) is 0.543. The van der Waals surface area contributed by atoms with E-state index in [1.54, 1.807) is 12.1 Å². The standard InChI is InChI=1S/C20H18FN5.ClH/c1-12-19-17(15-6-8-23-20-16(15)7-9-24-20)18(25-26(19)11-10-22-12)13-2-4-14(21)5-3-13;/h2-9,12,22H,10-11H2,1H3,(H,23,24);1H. The minimum absolute atomic E-state index is 0. The van der Waals surface area contributed by atoms with Gasteiger partial charge in [0.2, 0.25) is 0 Å². The van der Waals surface area contributed by atoms with Gasteiger partial charge in [0.25, 0.3) is 0 Å². The van der Waals surface area contributed by atoms with Crippen LogP contribution in [0.3, 0.4) is 0 Å². The molecular formula is C20H19ClFN5. The third-order valence-electron chi connectivity index (χ3n) is 5.02. The van der Waals surface area contributed by atoms with Gasteiger partial charge in [-0.3, -0.25) is 4.68 Å². The minimum atomic E-state index is -0.244. The molecule has 1 unspecified atom stereocenters. The molecule has 1 aromatic carbocycles. The lowest BCUT2D eigenvalue weighted by atomic mass is 9.95. The van der Waals surface area contributed by atoms with E-state index < -0.39 is 0 Å². The molecule has 138 valence electrons. The number of pyridine rings is 1. The van der Waals surface area contributed by atoms with Crippen molar-refractivity contribution in [1.29, 1.82) is 0 Å². The molecule has 2 N–H and O–H groups in total. The van der Waals surface area contributed by atoms with Crippen LogP contribution in [0.1, 0.15) is 20.1 Å². The van der Waals surface area contributed by atoms with Crippen LogP contribution in [-0.2, 0) is 6.54 Å². The average Bonchev–Trinajstić information content (AvgIpc) is 3.27. The second-order valence-corrected chi connectivity index (χ2v) is 6.61. The number of H-pyrrole nitrogens is 1. The summed E-state index contributed by atoms with van der Waals surface area (Å²) in [4.78, 5) is 7.59. The number of halogens is 2. The summed E-state index contributed by atoms with van der Waals surface area (Å²) in [6.45, 7) is 3.85. The summed E-state index contributed by atoms with van der Waals surface area (Å²) in [6, 6.07) is 10.8. The Kier molecular flexibility index (Phi) is 4.45. The van der Waals surface area contributed by atoms with Crippen LogP contribution in [0.4, 0.5) is 4.39 Å². The largest absolute Gasteiger partial charge is 1.00 e. The van der Waals surface area contributed by atoms with Crippen molar-refractivity contribution in [2.24, 2.45) is 0 Å². The molecule has 7 heteroatoms. The normalized spacial score (nSPS) is 16.1. The summed E-state index contributed by atoms with van der Waals surface area (Å²) in [7, 11) is 0. The highest BCUT2D eigenvalue weighted by molar-refractivity contribution is 5.98. The Bertz CT molecular complexity index is 1110. The molecule has 0 saturated carbocycles. The number of nitrogens with one attached hydrogen (secondary N) is 2. The Morgan fingerprint density at radius 1 is 1.19 bits per heavy atom. The van der Waals surface area contributed by atoms with E-state index >= 15 is 0 Å². The van der Waals surface area contributed by atoms with E-state index in [-0.39, 0.29) is 25.7 Å². The first-order valence-electron chi connectivity index (χ1n) is 8.75. The van der Waals surface area contributed by atoms with E-state index in [0.29, 0.717) is 0 Å². The molecule has 0 saturated heterocycles. The lowest BCUT2D eigenvalue weighted by Gasteiger charge is -2.23. The fourth-order valence-corrected chi connectivity index (χ4v) is 3.82. The first-order valence-corrected chi connectivity index (χ1v) is 8.75. The number of benzene rings is 1. The molecule has 0 bridgehead atoms. The lowest BCUT2D eigenvalue weighted by molar-refractivity contribution is -0.00000602. The van der Waals surface area contributed by atoms with Crippen LogP contribution in [0.25, 0.3) is 33.4 Å². The summed E-state index contributed by atoms with van der Waals surface area (Å²) in [5.41, 5.74) is 5.98. The highest BCUT2D eigenvalue weighted by atomic mass is 35.5. The van der Waals surface area contributed by atoms with E-state index in [4.69, 9.17) is 5.10 Å². The monoisotopic (exact) mass is 383 g/mol. The van der Waals surface area contributed by atoms with E-state index in [2.05, 4.69) is 26.9 Å². The van der Waals surface area contributed by atoms with Crippen molar-refractivity contribution in [2.45, 2.75) is 19.5 Å². The smallest absolute Gasteiger partial charge is 1.00 e. The van der Waals surface area contributed by atoms with Gasteiger partial charge in [-0.05, 0) is 48.9 Å². The first-order chi connectivity index (χ1) is 12.7. The topological polar surface area (TPSA) is 58.5 Å². The van der Waals surface area contributed by atoms with Crippen LogP contribution < -0.4 is 17.7 Å². The van der Waals surface area contributed by atoms with Gasteiger partial charge in [0, 0.05) is 41.5 Å². The SMILES string of the molecule is CC1NCCn2nc(-c3ccc(F)cc3)c(-c3ccnc4[nH]ccc34)c21.[Cl-].[H+]. The van der Waals surface area contributed by atoms with E-state index in [0.717, 1.165) is 52.2 Å². The number of aromatic amines is 1. The Balaban J connectivity index is 0.00000112. The van der Waals surface area contributed by atoms with Crippen molar-refractivity contribution in [2.75, 3.05) is 6.54 Å². The predicted octanol–water partition coefficient (Wildman–Crippen LogP) is 1.01. The molecule has 0 aliphatic carbocycles. The second-order valence-electron chi connectivity index (χ2n) is 6.61. The Labute approximate surface area is 163 Å². The van der Waals surface area contributed by atoms with E-state index in [1.165, 1.54) is 12.1 Å². The molecule has 4 heterocycles. The van der Waals surface area contributed by atoms with E-state index in [1.807, 2.05) is 24.5 Å². The van der Waals surface area contributed by atoms with Gasteiger partial charge in [-0.25, -0.2) is 9.37 Å². The molecule has 0 amide bonds. The summed E-state index contributed by atoms with van der Waals surface area (Å²) < 4.78 is 15.5. The maximum Gasteiger partial charge on any atom is 1.00 e. The molecule has 1 aliphatic rings. The number of hydrogen-bond donors (Lipinski definition) is 2. The first kappa shape index (κ1) is 17.7. The minimum Gasteiger partial charge on any atom is -1.00 e. The molecule has 3 aromatic heterocycles. The molecule has 1 atom stereocenters. The van der Waals surface area contributed by atoms with Gasteiger partial charge in [-0.15, -0.1) is 0 Å². The van der Waals surface area contributed by atoms with E-state index in [9.17, 15) is 4.39 Å². The zero-order valence-corrected chi connectivity index (χ0v) is 15.5. The van der Waals surface area contributed by atoms with Crippen LogP contribution in [0.5, 0.6) is 0 Å². The summed E-state index contributed by atoms with van der Waals surface area (Å²) in [6.07, 6.45) is 3.71. The van der Waals surface area contributed by atoms with Crippen LogP contribution in [-0.4, -0.2) is 26.3 Å². The zero-order valence-electron chi connectivity index (χ0n) is 15.7. The summed E-state index contributed by atoms with van der Waals surface area (Å²) in [5.74, 6) is -0.244. The maximum atomic E-state index is 13.4. The third-order valence-corrected chi connectivity index (χ3v) is 5.02. The van der Waals surface area contributed by atoms with Crippen molar-refractivity contribution in [3.63, 3.8) is 0 Å². The highest BCUT2D eigenvalue weighted by Crippen LogP contribution is 2.40. The molecule has 5 rings (SSSR count). The number of rotatable bonds is 2. The summed E-state index contributed by atoms with van der Waals surface area (Å²) >= 11 is 0. The average molecular weight is 384 g/mol. The van der Waals surface area contributed by atoms with Gasteiger partial charge < -0.3 is 22.7 Å². The molecular weight excluding hydrogens is 365 g/mol. The van der Waals surface area contributed by atoms with Crippen LogP contribution >= 0.6 is 0 Å². The van der Waals surface area contributed by atoms with Crippen molar-refractivity contribution >= 4 is 11.0 Å². The molecule has 1 aliphatic heterocycles. The second kappa shape index (κ2) is 6.79. The highest BCUT2D eigenvalue weighted by Gasteiger charge is 2.27. The molecule has 0 radical (unpaired) electrons. The predicted molar refractivity (Wildman–Crippen MR) is 100 cm³/mol. The maximum absolute atomic E-state index is 13.4. The Hall–Kier alpha value is -2.70. The molecule has 5 nitrogen and oxygen atoms in total. The molecule has 4 aromatic rings. The van der Waals surface area contributed by atoms with Crippen LogP contribution in [0.15, 0.2) is 48.8 Å². The van der Waals surface area contributed by atoms with Crippen molar-refractivity contribution in [3.8, 4) is 22.4 Å². The number of aromatic nitrogens is 4. The fourth-order valence-electron chi connectivity index (χ4n) is 3.82. The van der Waals surface area contributed by atoms with Crippen LogP contribution in [0, 0.1) is 5.82 Å². The molecule has 0 spiro atoms. The summed E-state index contributed by atoms with van der Waals surface area (Å²) in [5, 5.41) is 9.47. The number of fused-ring (bicyclic) bond motifs is 2. The number of nitrogens with zero attached hydrogens (tertiary/aromatic N) is 3. The van der Waals surface area contributed by atoms with Gasteiger partial charge in [0.15, 0.2) is 0 Å². The Morgan fingerprint density at radius 3 is 2.81 bits per heavy atom. The van der Waals surface area contributed by atoms with Gasteiger partial charge >= 0.3 is 1.43 Å². The van der Waals surface area contributed by atoms with Crippen LogP contribution in [0.2, 0.25) is 0 Å². The van der Waals surface area contributed by atoms with Gasteiger partial charge in [-0.2, -0.15) is 5.10 Å². The van der Waals surface area contributed by atoms with Crippen molar-refractivity contribution in [3.05, 3.63) is 60.3 Å². The van der Waals surface area contributed by atoms with Gasteiger partial charge in [0.1, 0.15) is 17.2 Å². The third kappa shape index (κ3) is 2.81. The molecule has 0 fully saturated rings. The Morgan fingerprint density at radius 2 is 2.00 bits per heavy atom. The fraction of sp³-hybridized carbons (Fsp3) is 0.200. The van der Waals surface area contributed by atoms with Gasteiger partial charge in [-0.1, -0.05) is 0 Å². The van der Waals surface area contributed by atoms with Crippen molar-refractivity contribution in [1.82, 2.24) is 25.1 Å². The van der Waals surface area contributed by atoms with Gasteiger partial charge in [0.05, 0.1) is 12.2 Å².